The van der Waals surface area contributed by atoms with Gasteiger partial charge in [-0.05, 0) is 0 Å². The molecular weight excluding hydrogens is 113 g/mol. The predicted molar refractivity (Wildman–Crippen MR) is 36.5 cm³/mol. The minimum absolute atomic E-state index is 0.662. The first-order valence-corrected chi connectivity index (χ1v) is 2.69. The van der Waals surface area contributed by atoms with Gasteiger partial charge < -0.3 is 0 Å². The molecule has 0 fully saturated rings. The fourth-order valence-corrected chi connectivity index (χ4v) is 0.602. The number of nitrogens with one attached hydrogen (secondary N) is 1. The van der Waals surface area contributed by atoms with E-state index in [2.05, 4.69) is 5.23 Å². The Morgan fingerprint density at radius 1 is 1.22 bits per heavy atom. The SMILES string of the molecule is O=BNc1ccccc1. The van der Waals surface area contributed by atoms with E-state index in [0.29, 0.717) is 7.28 Å². The third-order valence-electron chi connectivity index (χ3n) is 0.999. The van der Waals surface area contributed by atoms with Crippen molar-refractivity contribution >= 4 is 13.0 Å². The van der Waals surface area contributed by atoms with E-state index in [9.17, 15) is 4.70 Å². The summed E-state index contributed by atoms with van der Waals surface area (Å²) in [5.74, 6) is 0. The number of para-hydroxylation sites is 1. The van der Waals surface area contributed by atoms with Crippen molar-refractivity contribution in [3.8, 4) is 0 Å². The molecule has 2 nitrogen and oxygen atoms in total. The topological polar surface area (TPSA) is 29.1 Å². The van der Waals surface area contributed by atoms with Gasteiger partial charge >= 0.3 is 53.2 Å². The van der Waals surface area contributed by atoms with Crippen LogP contribution >= 0.6 is 0 Å². The van der Waals surface area contributed by atoms with Crippen molar-refractivity contribution < 1.29 is 4.70 Å². The summed E-state index contributed by atoms with van der Waals surface area (Å²) < 4.78 is 9.86. The summed E-state index contributed by atoms with van der Waals surface area (Å²) in [5.41, 5.74) is 0.826. The van der Waals surface area contributed by atoms with Gasteiger partial charge in [0, 0.05) is 0 Å². The Hall–Kier alpha value is -1.12. The van der Waals surface area contributed by atoms with Gasteiger partial charge in [0.25, 0.3) is 0 Å². The fourth-order valence-electron chi connectivity index (χ4n) is 0.602. The van der Waals surface area contributed by atoms with Crippen molar-refractivity contribution in [2.75, 3.05) is 5.23 Å². The van der Waals surface area contributed by atoms with E-state index in [-0.39, 0.29) is 0 Å². The number of anilines is 1. The maximum absolute atomic E-state index is 9.86. The van der Waals surface area contributed by atoms with E-state index in [1.165, 1.54) is 0 Å². The van der Waals surface area contributed by atoms with Crippen LogP contribution in [0.4, 0.5) is 5.69 Å². The molecule has 0 aliphatic carbocycles. The van der Waals surface area contributed by atoms with Crippen molar-refractivity contribution in [1.29, 1.82) is 0 Å². The van der Waals surface area contributed by atoms with Gasteiger partial charge in [-0.25, -0.2) is 0 Å². The zero-order chi connectivity index (χ0) is 6.53. The Bertz CT molecular complexity index is 188. The van der Waals surface area contributed by atoms with E-state index in [4.69, 9.17) is 0 Å². The molecule has 0 atom stereocenters. The fraction of sp³-hybridized carbons (Fsp3) is 0. The van der Waals surface area contributed by atoms with Gasteiger partial charge in [-0.3, -0.25) is 0 Å². The molecule has 0 spiro atoms. The Morgan fingerprint density at radius 3 is 2.44 bits per heavy atom. The van der Waals surface area contributed by atoms with Crippen LogP contribution in [0.1, 0.15) is 0 Å². The van der Waals surface area contributed by atoms with Crippen molar-refractivity contribution in [3.05, 3.63) is 30.3 Å². The van der Waals surface area contributed by atoms with Gasteiger partial charge in [-0.2, -0.15) is 0 Å². The molecule has 3 heteroatoms. The molecular formula is C6H6BNO. The second kappa shape index (κ2) is 3.02. The monoisotopic (exact) mass is 119 g/mol. The standard InChI is InChI=1S/C6H6BNO/c9-7-8-6-4-2-1-3-5-6/h1-5,8H. The molecule has 0 heterocycles. The molecule has 9 heavy (non-hydrogen) atoms. The molecule has 0 aliphatic heterocycles. The minimum atomic E-state index is 0.662. The molecule has 0 saturated carbocycles. The molecule has 0 aliphatic rings. The first-order valence-electron chi connectivity index (χ1n) is 2.69. The normalized spacial score (nSPS) is 8.00. The second-order valence-corrected chi connectivity index (χ2v) is 1.63. The van der Waals surface area contributed by atoms with Crippen LogP contribution in [0.25, 0.3) is 0 Å². The van der Waals surface area contributed by atoms with Crippen molar-refractivity contribution in [3.63, 3.8) is 0 Å². The average Bonchev–Trinajstić information content (AvgIpc) is 1.91. The number of hydrogen-bond acceptors (Lipinski definition) is 1. The first kappa shape index (κ1) is 6.01. The zero-order valence-corrected chi connectivity index (χ0v) is 4.87. The van der Waals surface area contributed by atoms with E-state index in [1.54, 1.807) is 0 Å². The molecule has 1 rings (SSSR count). The first-order chi connectivity index (χ1) is 4.43. The molecule has 1 aromatic rings. The Morgan fingerprint density at radius 2 is 1.89 bits per heavy atom. The molecule has 44 valence electrons. The van der Waals surface area contributed by atoms with E-state index in [1.807, 2.05) is 30.3 Å². The molecule has 0 bridgehead atoms. The summed E-state index contributed by atoms with van der Waals surface area (Å²) >= 11 is 0. The van der Waals surface area contributed by atoms with Gasteiger partial charge in [0.2, 0.25) is 0 Å². The van der Waals surface area contributed by atoms with E-state index in [0.717, 1.165) is 5.69 Å². The van der Waals surface area contributed by atoms with Crippen LogP contribution in [-0.2, 0) is 4.70 Å². The van der Waals surface area contributed by atoms with Gasteiger partial charge in [-0.1, -0.05) is 0 Å². The number of hydrogen-bond donors (Lipinski definition) is 1. The Labute approximate surface area is 54.2 Å². The second-order valence-electron chi connectivity index (χ2n) is 1.63. The Kier molecular flexibility index (Phi) is 2.02. The van der Waals surface area contributed by atoms with Crippen LogP contribution in [0.3, 0.4) is 0 Å². The van der Waals surface area contributed by atoms with E-state index >= 15 is 0 Å². The van der Waals surface area contributed by atoms with Crippen LogP contribution in [0.5, 0.6) is 0 Å². The predicted octanol–water partition coefficient (Wildman–Crippen LogP) is 1.06. The van der Waals surface area contributed by atoms with Gasteiger partial charge in [0.15, 0.2) is 0 Å². The van der Waals surface area contributed by atoms with Gasteiger partial charge in [-0.15, -0.1) is 0 Å². The number of rotatable bonds is 2. The molecule has 0 amide bonds. The van der Waals surface area contributed by atoms with E-state index < -0.39 is 0 Å². The van der Waals surface area contributed by atoms with Gasteiger partial charge in [0.1, 0.15) is 0 Å². The van der Waals surface area contributed by atoms with Crippen LogP contribution in [0.15, 0.2) is 30.3 Å². The summed E-state index contributed by atoms with van der Waals surface area (Å²) in [7, 11) is 0.662. The van der Waals surface area contributed by atoms with Gasteiger partial charge in [0.05, 0.1) is 0 Å². The summed E-state index contributed by atoms with van der Waals surface area (Å²) in [4.78, 5) is 0. The average molecular weight is 119 g/mol. The van der Waals surface area contributed by atoms with Crippen molar-refractivity contribution in [2.45, 2.75) is 0 Å². The number of benzene rings is 1. The quantitative estimate of drug-likeness (QED) is 0.589. The van der Waals surface area contributed by atoms with Crippen LogP contribution in [-0.4, -0.2) is 7.28 Å². The van der Waals surface area contributed by atoms with Crippen LogP contribution < -0.4 is 5.23 Å². The third kappa shape index (κ3) is 1.68. The third-order valence-corrected chi connectivity index (χ3v) is 0.999. The molecule has 0 radical (unpaired) electrons. The summed E-state index contributed by atoms with van der Waals surface area (Å²) in [5, 5.41) is 2.53. The summed E-state index contributed by atoms with van der Waals surface area (Å²) in [6, 6.07) is 9.29. The van der Waals surface area contributed by atoms with Crippen LogP contribution in [0, 0.1) is 0 Å². The molecule has 1 N–H and O–H groups in total. The molecule has 0 aromatic heterocycles. The molecule has 1 aromatic carbocycles. The maximum atomic E-state index is 9.86. The van der Waals surface area contributed by atoms with Crippen molar-refractivity contribution in [2.24, 2.45) is 0 Å². The zero-order valence-electron chi connectivity index (χ0n) is 4.87. The molecule has 0 saturated heterocycles. The Balaban J connectivity index is 2.72. The summed E-state index contributed by atoms with van der Waals surface area (Å²) in [6.45, 7) is 0. The van der Waals surface area contributed by atoms with Crippen molar-refractivity contribution in [1.82, 2.24) is 0 Å². The summed E-state index contributed by atoms with van der Waals surface area (Å²) in [6.07, 6.45) is 0. The molecule has 0 unspecified atom stereocenters. The van der Waals surface area contributed by atoms with Crippen LogP contribution in [0.2, 0.25) is 0 Å².